The van der Waals surface area contributed by atoms with E-state index in [4.69, 9.17) is 32.5 Å². The number of alkyl halides is 2. The van der Waals surface area contributed by atoms with E-state index in [2.05, 4.69) is 5.09 Å². The van der Waals surface area contributed by atoms with Gasteiger partial charge in [0.1, 0.15) is 6.23 Å². The molecule has 1 saturated heterocycles. The molecule has 1 heterocycles. The fourth-order valence-corrected chi connectivity index (χ4v) is 4.31. The zero-order chi connectivity index (χ0) is 12.7. The van der Waals surface area contributed by atoms with E-state index in [0.717, 1.165) is 0 Å². The lowest BCUT2D eigenvalue weighted by Crippen LogP contribution is -2.42. The lowest BCUT2D eigenvalue weighted by atomic mass is 10.4. The number of hydrogen-bond acceptors (Lipinski definition) is 3. The largest absolute Gasteiger partial charge is 0.363 e. The first-order valence-electron chi connectivity index (χ1n) is 5.67. The number of hydrogen-bond donors (Lipinski definition) is 1. The molecule has 0 aromatic rings. The molecule has 102 valence electrons. The van der Waals surface area contributed by atoms with Gasteiger partial charge in [-0.25, -0.2) is 9.76 Å². The second-order valence-corrected chi connectivity index (χ2v) is 6.43. The van der Waals surface area contributed by atoms with Crippen LogP contribution >= 0.6 is 30.9 Å². The third kappa shape index (κ3) is 4.67. The van der Waals surface area contributed by atoms with Crippen LogP contribution in [-0.4, -0.2) is 49.0 Å². The lowest BCUT2D eigenvalue weighted by Gasteiger charge is -2.36. The van der Waals surface area contributed by atoms with Gasteiger partial charge in [0.2, 0.25) is 0 Å². The first-order valence-corrected chi connectivity index (χ1v) is 8.32. The first kappa shape index (κ1) is 15.7. The van der Waals surface area contributed by atoms with Crippen molar-refractivity contribution < 1.29 is 13.8 Å². The second-order valence-electron chi connectivity index (χ2n) is 3.55. The van der Waals surface area contributed by atoms with E-state index >= 15 is 0 Å². The van der Waals surface area contributed by atoms with E-state index in [1.807, 2.05) is 6.92 Å². The van der Waals surface area contributed by atoms with E-state index < -0.39 is 7.67 Å². The average Bonchev–Trinajstić information content (AvgIpc) is 2.29. The summed E-state index contributed by atoms with van der Waals surface area (Å²) in [6, 6.07) is 0. The number of nitrogens with one attached hydrogen (secondary N) is 1. The Bertz CT molecular complexity index is 263. The van der Waals surface area contributed by atoms with E-state index in [-0.39, 0.29) is 6.23 Å². The van der Waals surface area contributed by atoms with Crippen molar-refractivity contribution in [2.45, 2.75) is 19.6 Å². The summed E-state index contributed by atoms with van der Waals surface area (Å²) in [5, 5.41) is 2.92. The fourth-order valence-electron chi connectivity index (χ4n) is 1.62. The van der Waals surface area contributed by atoms with Crippen LogP contribution in [0.25, 0.3) is 0 Å². The summed E-state index contributed by atoms with van der Waals surface area (Å²) in [6.45, 7) is 3.82. The predicted molar refractivity (Wildman–Crippen MR) is 69.7 cm³/mol. The average molecular weight is 305 g/mol. The van der Waals surface area contributed by atoms with Crippen molar-refractivity contribution in [1.29, 1.82) is 0 Å². The molecule has 2 unspecified atom stereocenters. The van der Waals surface area contributed by atoms with Gasteiger partial charge in [-0.3, -0.25) is 4.57 Å². The highest BCUT2D eigenvalue weighted by atomic mass is 35.5. The maximum atomic E-state index is 12.6. The van der Waals surface area contributed by atoms with Crippen molar-refractivity contribution in [1.82, 2.24) is 9.76 Å². The van der Waals surface area contributed by atoms with Gasteiger partial charge in [0, 0.05) is 37.9 Å². The smallest absolute Gasteiger partial charge is 0.345 e. The fraction of sp³-hybridized carbons (Fsp3) is 1.00. The maximum Gasteiger partial charge on any atom is 0.345 e. The molecule has 0 amide bonds. The van der Waals surface area contributed by atoms with Crippen molar-refractivity contribution in [3.63, 3.8) is 0 Å². The van der Waals surface area contributed by atoms with Gasteiger partial charge in [-0.15, -0.1) is 23.2 Å². The van der Waals surface area contributed by atoms with E-state index in [1.54, 1.807) is 4.67 Å². The molecule has 0 saturated carbocycles. The van der Waals surface area contributed by atoms with Crippen LogP contribution in [0.15, 0.2) is 0 Å². The van der Waals surface area contributed by atoms with Crippen molar-refractivity contribution in [3.8, 4) is 0 Å². The molecular formula is C9H19Cl2N2O3P. The molecule has 17 heavy (non-hydrogen) atoms. The third-order valence-corrected chi connectivity index (χ3v) is 5.01. The first-order chi connectivity index (χ1) is 8.16. The quantitative estimate of drug-likeness (QED) is 0.577. The molecule has 0 aromatic heterocycles. The summed E-state index contributed by atoms with van der Waals surface area (Å²) in [5.74, 6) is 0.760. The molecule has 2 atom stereocenters. The Kier molecular flexibility index (Phi) is 7.34. The minimum absolute atomic E-state index is 0.229. The molecule has 1 rings (SSSR count). The van der Waals surface area contributed by atoms with Gasteiger partial charge < -0.3 is 9.26 Å². The highest BCUT2D eigenvalue weighted by Gasteiger charge is 2.37. The van der Waals surface area contributed by atoms with Gasteiger partial charge in [-0.1, -0.05) is 0 Å². The van der Waals surface area contributed by atoms with Crippen molar-refractivity contribution in [2.24, 2.45) is 0 Å². The standard InChI is InChI=1S/C9H19Cl2N2O3P/c1-2-15-9-3-8-16-17(14,12-9)13(6-4-10)7-5-11/h9H,2-8H2,1H3,(H,12,14). The molecule has 0 aliphatic carbocycles. The molecule has 1 fully saturated rings. The number of ether oxygens (including phenoxy) is 1. The molecule has 0 aromatic carbocycles. The highest BCUT2D eigenvalue weighted by Crippen LogP contribution is 2.49. The van der Waals surface area contributed by atoms with Crippen LogP contribution < -0.4 is 5.09 Å². The molecule has 1 aliphatic rings. The van der Waals surface area contributed by atoms with Gasteiger partial charge in [-0.2, -0.15) is 0 Å². The zero-order valence-corrected chi connectivity index (χ0v) is 12.3. The molecule has 0 bridgehead atoms. The predicted octanol–water partition coefficient (Wildman–Crippen LogP) is 2.25. The SMILES string of the molecule is CCOC1CCOP(=O)(N(CCCl)CCCl)N1. The Morgan fingerprint density at radius 1 is 1.47 bits per heavy atom. The summed E-state index contributed by atoms with van der Waals surface area (Å²) in [4.78, 5) is 0. The van der Waals surface area contributed by atoms with Gasteiger partial charge in [0.05, 0.1) is 6.61 Å². The Balaban J connectivity index is 2.65. The molecular weight excluding hydrogens is 286 g/mol. The minimum Gasteiger partial charge on any atom is -0.363 e. The summed E-state index contributed by atoms with van der Waals surface area (Å²) in [6.07, 6.45) is 0.459. The molecule has 0 radical (unpaired) electrons. The van der Waals surface area contributed by atoms with Gasteiger partial charge >= 0.3 is 7.67 Å². The van der Waals surface area contributed by atoms with Crippen molar-refractivity contribution in [3.05, 3.63) is 0 Å². The zero-order valence-electron chi connectivity index (χ0n) is 9.90. The summed E-state index contributed by atoms with van der Waals surface area (Å²) in [5.41, 5.74) is 0. The van der Waals surface area contributed by atoms with Crippen LogP contribution in [-0.2, 0) is 13.8 Å². The van der Waals surface area contributed by atoms with Crippen molar-refractivity contribution in [2.75, 3.05) is 38.1 Å². The van der Waals surface area contributed by atoms with E-state index in [9.17, 15) is 4.57 Å². The summed E-state index contributed by atoms with van der Waals surface area (Å²) >= 11 is 11.4. The number of rotatable bonds is 7. The summed E-state index contributed by atoms with van der Waals surface area (Å²) in [7, 11) is -3.05. The van der Waals surface area contributed by atoms with Gasteiger partial charge in [-0.05, 0) is 6.92 Å². The summed E-state index contributed by atoms with van der Waals surface area (Å²) < 4.78 is 25.1. The third-order valence-electron chi connectivity index (χ3n) is 2.38. The Morgan fingerprint density at radius 2 is 2.12 bits per heavy atom. The minimum atomic E-state index is -3.05. The highest BCUT2D eigenvalue weighted by molar-refractivity contribution is 7.54. The van der Waals surface area contributed by atoms with Gasteiger partial charge in [0.25, 0.3) is 0 Å². The van der Waals surface area contributed by atoms with Crippen molar-refractivity contribution >= 4 is 30.9 Å². The van der Waals surface area contributed by atoms with Crippen LogP contribution in [0.3, 0.4) is 0 Å². The molecule has 1 N–H and O–H groups in total. The normalized spacial score (nSPS) is 29.8. The van der Waals surface area contributed by atoms with E-state index in [0.29, 0.717) is 44.5 Å². The Hall–Kier alpha value is 0.650. The molecule has 0 spiro atoms. The molecule has 5 nitrogen and oxygen atoms in total. The molecule has 8 heteroatoms. The molecule has 1 aliphatic heterocycles. The van der Waals surface area contributed by atoms with Gasteiger partial charge in [0.15, 0.2) is 0 Å². The Morgan fingerprint density at radius 3 is 2.65 bits per heavy atom. The van der Waals surface area contributed by atoms with Crippen LogP contribution in [0.2, 0.25) is 0 Å². The Labute approximate surface area is 112 Å². The number of nitrogens with zero attached hydrogens (tertiary/aromatic N) is 1. The van der Waals surface area contributed by atoms with E-state index in [1.165, 1.54) is 0 Å². The number of halogens is 2. The monoisotopic (exact) mass is 304 g/mol. The second kappa shape index (κ2) is 7.95. The van der Waals surface area contributed by atoms with Crippen LogP contribution in [0.5, 0.6) is 0 Å². The topological polar surface area (TPSA) is 50.8 Å². The van der Waals surface area contributed by atoms with Crippen LogP contribution in [0, 0.1) is 0 Å². The van der Waals surface area contributed by atoms with Crippen LogP contribution in [0.1, 0.15) is 13.3 Å². The van der Waals surface area contributed by atoms with Crippen LogP contribution in [0.4, 0.5) is 0 Å². The maximum absolute atomic E-state index is 12.6. The lowest BCUT2D eigenvalue weighted by molar-refractivity contribution is 0.0173.